The van der Waals surface area contributed by atoms with Crippen LogP contribution in [0.25, 0.3) is 0 Å². The van der Waals surface area contributed by atoms with Crippen molar-refractivity contribution in [2.24, 2.45) is 7.05 Å². The third-order valence-corrected chi connectivity index (χ3v) is 3.44. The summed E-state index contributed by atoms with van der Waals surface area (Å²) in [6, 6.07) is 7.97. The number of nitrogens with zero attached hydrogens (tertiary/aromatic N) is 2. The maximum Gasteiger partial charge on any atom is 0.0649 e. The van der Waals surface area contributed by atoms with E-state index in [0.29, 0.717) is 0 Å². The van der Waals surface area contributed by atoms with Crippen LogP contribution in [0.3, 0.4) is 0 Å². The second-order valence-corrected chi connectivity index (χ2v) is 5.02. The Morgan fingerprint density at radius 1 is 1.33 bits per heavy atom. The van der Waals surface area contributed by atoms with E-state index in [1.54, 1.807) is 0 Å². The molecule has 96 valence electrons. The number of nitrogens with one attached hydrogen (secondary N) is 1. The van der Waals surface area contributed by atoms with Gasteiger partial charge in [-0.05, 0) is 39.0 Å². The summed E-state index contributed by atoms with van der Waals surface area (Å²) in [5.74, 6) is 0. The van der Waals surface area contributed by atoms with E-state index in [1.807, 2.05) is 42.9 Å². The number of aromatic nitrogens is 2. The fourth-order valence-corrected chi connectivity index (χ4v) is 2.51. The van der Waals surface area contributed by atoms with E-state index in [-0.39, 0.29) is 6.04 Å². The average Bonchev–Trinajstić information content (AvgIpc) is 2.53. The molecule has 1 unspecified atom stereocenters. The number of anilines is 1. The molecule has 0 aliphatic carbocycles. The van der Waals surface area contributed by atoms with E-state index in [9.17, 15) is 0 Å². The lowest BCUT2D eigenvalue weighted by molar-refractivity contribution is 0.728. The van der Waals surface area contributed by atoms with Gasteiger partial charge in [-0.25, -0.2) is 0 Å². The minimum Gasteiger partial charge on any atom is -0.378 e. The quantitative estimate of drug-likeness (QED) is 0.911. The Morgan fingerprint density at radius 3 is 2.61 bits per heavy atom. The van der Waals surface area contributed by atoms with Crippen LogP contribution in [0.4, 0.5) is 5.69 Å². The minimum absolute atomic E-state index is 0.206. The first-order chi connectivity index (χ1) is 8.49. The Kier molecular flexibility index (Phi) is 3.62. The molecule has 0 amide bonds. The van der Waals surface area contributed by atoms with Crippen molar-refractivity contribution in [1.82, 2.24) is 9.78 Å². The zero-order valence-corrected chi connectivity index (χ0v) is 11.9. The summed E-state index contributed by atoms with van der Waals surface area (Å²) < 4.78 is 1.92. The molecule has 0 radical (unpaired) electrons. The number of rotatable bonds is 3. The standard InChI is InChI=1S/C14H18ClN3/c1-9(14-10(2)17-18(4)11(14)3)16-13-7-5-6-12(15)8-13/h5-9,16H,1-4H3. The Balaban J connectivity index is 2.24. The molecule has 1 aromatic heterocycles. The van der Waals surface area contributed by atoms with Gasteiger partial charge >= 0.3 is 0 Å². The second-order valence-electron chi connectivity index (χ2n) is 4.58. The van der Waals surface area contributed by atoms with Crippen LogP contribution in [-0.2, 0) is 7.05 Å². The molecule has 4 heteroatoms. The molecule has 3 nitrogen and oxygen atoms in total. The molecule has 0 aliphatic rings. The van der Waals surface area contributed by atoms with Crippen molar-refractivity contribution < 1.29 is 0 Å². The number of hydrogen-bond acceptors (Lipinski definition) is 2. The SMILES string of the molecule is Cc1nn(C)c(C)c1C(C)Nc1cccc(Cl)c1. The van der Waals surface area contributed by atoms with Crippen LogP contribution in [0.5, 0.6) is 0 Å². The van der Waals surface area contributed by atoms with Gasteiger partial charge in [0.2, 0.25) is 0 Å². The van der Waals surface area contributed by atoms with E-state index in [0.717, 1.165) is 16.4 Å². The summed E-state index contributed by atoms with van der Waals surface area (Å²) in [5, 5.41) is 8.64. The highest BCUT2D eigenvalue weighted by atomic mass is 35.5. The predicted molar refractivity (Wildman–Crippen MR) is 76.2 cm³/mol. The summed E-state index contributed by atoms with van der Waals surface area (Å²) >= 11 is 5.98. The van der Waals surface area contributed by atoms with E-state index >= 15 is 0 Å². The van der Waals surface area contributed by atoms with Gasteiger partial charge in [-0.1, -0.05) is 17.7 Å². The van der Waals surface area contributed by atoms with Gasteiger partial charge in [0, 0.05) is 29.0 Å². The molecule has 1 N–H and O–H groups in total. The smallest absolute Gasteiger partial charge is 0.0649 e. The largest absolute Gasteiger partial charge is 0.378 e. The lowest BCUT2D eigenvalue weighted by atomic mass is 10.1. The van der Waals surface area contributed by atoms with Crippen LogP contribution >= 0.6 is 11.6 Å². The van der Waals surface area contributed by atoms with Crippen molar-refractivity contribution in [2.45, 2.75) is 26.8 Å². The van der Waals surface area contributed by atoms with Crippen LogP contribution < -0.4 is 5.32 Å². The van der Waals surface area contributed by atoms with Gasteiger partial charge in [0.1, 0.15) is 0 Å². The monoisotopic (exact) mass is 263 g/mol. The van der Waals surface area contributed by atoms with Crippen LogP contribution in [-0.4, -0.2) is 9.78 Å². The van der Waals surface area contributed by atoms with Crippen LogP contribution in [0, 0.1) is 13.8 Å². The molecule has 0 saturated heterocycles. The van der Waals surface area contributed by atoms with Gasteiger partial charge in [0.05, 0.1) is 11.7 Å². The number of halogens is 1. The second kappa shape index (κ2) is 5.02. The van der Waals surface area contributed by atoms with Gasteiger partial charge in [-0.3, -0.25) is 4.68 Å². The number of hydrogen-bond donors (Lipinski definition) is 1. The summed E-state index contributed by atoms with van der Waals surface area (Å²) in [6.07, 6.45) is 0. The summed E-state index contributed by atoms with van der Waals surface area (Å²) in [5.41, 5.74) is 4.53. The Labute approximate surface area is 113 Å². The fraction of sp³-hybridized carbons (Fsp3) is 0.357. The van der Waals surface area contributed by atoms with Crippen molar-refractivity contribution in [2.75, 3.05) is 5.32 Å². The first-order valence-electron chi connectivity index (χ1n) is 6.01. The van der Waals surface area contributed by atoms with Crippen molar-refractivity contribution in [3.8, 4) is 0 Å². The zero-order valence-electron chi connectivity index (χ0n) is 11.2. The van der Waals surface area contributed by atoms with Crippen LogP contribution in [0.15, 0.2) is 24.3 Å². The van der Waals surface area contributed by atoms with E-state index in [4.69, 9.17) is 11.6 Å². The highest BCUT2D eigenvalue weighted by molar-refractivity contribution is 6.30. The third kappa shape index (κ3) is 2.51. The van der Waals surface area contributed by atoms with Gasteiger partial charge in [-0.2, -0.15) is 5.10 Å². The maximum absolute atomic E-state index is 5.98. The van der Waals surface area contributed by atoms with Gasteiger partial charge in [0.25, 0.3) is 0 Å². The minimum atomic E-state index is 0.206. The molecular formula is C14H18ClN3. The van der Waals surface area contributed by atoms with Crippen molar-refractivity contribution in [1.29, 1.82) is 0 Å². The lowest BCUT2D eigenvalue weighted by Gasteiger charge is -2.16. The molecule has 1 heterocycles. The molecular weight excluding hydrogens is 246 g/mol. The van der Waals surface area contributed by atoms with E-state index in [1.165, 1.54) is 11.3 Å². The molecule has 0 saturated carbocycles. The molecule has 18 heavy (non-hydrogen) atoms. The van der Waals surface area contributed by atoms with Crippen LogP contribution in [0.2, 0.25) is 5.02 Å². The predicted octanol–water partition coefficient (Wildman–Crippen LogP) is 3.86. The molecule has 1 atom stereocenters. The van der Waals surface area contributed by atoms with Crippen molar-refractivity contribution >= 4 is 17.3 Å². The highest BCUT2D eigenvalue weighted by Gasteiger charge is 2.15. The third-order valence-electron chi connectivity index (χ3n) is 3.21. The summed E-state index contributed by atoms with van der Waals surface area (Å²) in [7, 11) is 1.97. The van der Waals surface area contributed by atoms with Gasteiger partial charge in [0.15, 0.2) is 0 Å². The maximum atomic E-state index is 5.98. The number of benzene rings is 1. The van der Waals surface area contributed by atoms with Crippen molar-refractivity contribution in [3.05, 3.63) is 46.2 Å². The van der Waals surface area contributed by atoms with E-state index < -0.39 is 0 Å². The highest BCUT2D eigenvalue weighted by Crippen LogP contribution is 2.25. The zero-order chi connectivity index (χ0) is 13.3. The Bertz CT molecular complexity index is 560. The Hall–Kier alpha value is -1.48. The van der Waals surface area contributed by atoms with Gasteiger partial charge < -0.3 is 5.32 Å². The molecule has 1 aromatic carbocycles. The normalized spacial score (nSPS) is 12.5. The van der Waals surface area contributed by atoms with E-state index in [2.05, 4.69) is 24.3 Å². The molecule has 0 bridgehead atoms. The first kappa shape index (κ1) is 13.0. The first-order valence-corrected chi connectivity index (χ1v) is 6.39. The lowest BCUT2D eigenvalue weighted by Crippen LogP contribution is -2.08. The summed E-state index contributed by atoms with van der Waals surface area (Å²) in [6.45, 7) is 6.27. The topological polar surface area (TPSA) is 29.9 Å². The molecule has 0 spiro atoms. The van der Waals surface area contributed by atoms with Crippen molar-refractivity contribution in [3.63, 3.8) is 0 Å². The molecule has 2 aromatic rings. The summed E-state index contributed by atoms with van der Waals surface area (Å²) in [4.78, 5) is 0. The average molecular weight is 264 g/mol. The van der Waals surface area contributed by atoms with Crippen LogP contribution in [0.1, 0.15) is 29.9 Å². The molecule has 0 fully saturated rings. The fourth-order valence-electron chi connectivity index (χ4n) is 2.32. The molecule has 2 rings (SSSR count). The number of aryl methyl sites for hydroxylation is 2. The van der Waals surface area contributed by atoms with Gasteiger partial charge in [-0.15, -0.1) is 0 Å². The Morgan fingerprint density at radius 2 is 2.06 bits per heavy atom. The molecule has 0 aliphatic heterocycles.